The van der Waals surface area contributed by atoms with Gasteiger partial charge in [-0.15, -0.1) is 0 Å². The Hall–Kier alpha value is -1.24. The molecule has 1 nitrogen and oxygen atoms in total. The van der Waals surface area contributed by atoms with Gasteiger partial charge in [0.2, 0.25) is 0 Å². The molecule has 1 rings (SSSR count). The predicted molar refractivity (Wildman–Crippen MR) is 54.1 cm³/mol. The van der Waals surface area contributed by atoms with Crippen molar-refractivity contribution in [1.29, 1.82) is 0 Å². The third-order valence-corrected chi connectivity index (χ3v) is 2.24. The van der Waals surface area contributed by atoms with Crippen molar-refractivity contribution in [1.82, 2.24) is 5.32 Å². The van der Waals surface area contributed by atoms with E-state index in [1.165, 1.54) is 12.1 Å². The van der Waals surface area contributed by atoms with Crippen molar-refractivity contribution in [2.75, 3.05) is 6.54 Å². The molecule has 0 atom stereocenters. The molecule has 1 N–H and O–H groups in total. The fraction of sp³-hybridized carbons (Fsp3) is 0.455. The number of nitrogens with one attached hydrogen (secondary N) is 1. The Balaban J connectivity index is 2.45. The summed E-state index contributed by atoms with van der Waals surface area (Å²) in [5.74, 6) is -4.09. The highest BCUT2D eigenvalue weighted by Crippen LogP contribution is 2.22. The average Bonchev–Trinajstić information content (AvgIpc) is 2.29. The highest BCUT2D eigenvalue weighted by molar-refractivity contribution is 5.23. The molecule has 0 aliphatic carbocycles. The molecule has 0 bridgehead atoms. The lowest BCUT2D eigenvalue weighted by Gasteiger charge is -2.15. The van der Waals surface area contributed by atoms with Gasteiger partial charge >= 0.3 is 12.3 Å². The number of rotatable bonds is 6. The van der Waals surface area contributed by atoms with Crippen molar-refractivity contribution >= 4 is 0 Å². The first kappa shape index (κ1) is 14.8. The van der Waals surface area contributed by atoms with Gasteiger partial charge in [0.15, 0.2) is 0 Å². The van der Waals surface area contributed by atoms with E-state index in [1.54, 1.807) is 0 Å². The summed E-state index contributed by atoms with van der Waals surface area (Å²) in [6.07, 6.45) is -6.33. The van der Waals surface area contributed by atoms with Crippen molar-refractivity contribution in [2.45, 2.75) is 25.3 Å². The number of hydrogen-bond donors (Lipinski definition) is 1. The van der Waals surface area contributed by atoms with Crippen LogP contribution < -0.4 is 5.32 Å². The van der Waals surface area contributed by atoms with Crippen LogP contribution in [0.4, 0.5) is 26.3 Å². The van der Waals surface area contributed by atoms with E-state index in [-0.39, 0.29) is 12.1 Å². The maximum atomic E-state index is 12.5. The van der Waals surface area contributed by atoms with Crippen molar-refractivity contribution < 1.29 is 26.3 Å². The van der Waals surface area contributed by atoms with Crippen LogP contribution in [0.1, 0.15) is 17.6 Å². The van der Waals surface area contributed by atoms with E-state index in [0.29, 0.717) is 5.56 Å². The van der Waals surface area contributed by atoms with Crippen molar-refractivity contribution in [3.8, 4) is 0 Å². The Morgan fingerprint density at radius 1 is 1.00 bits per heavy atom. The van der Waals surface area contributed by atoms with Crippen LogP contribution in [0.3, 0.4) is 0 Å². The van der Waals surface area contributed by atoms with E-state index in [2.05, 4.69) is 5.32 Å². The smallest absolute Gasteiger partial charge is 0.307 e. The van der Waals surface area contributed by atoms with E-state index in [9.17, 15) is 26.3 Å². The molecule has 0 aliphatic rings. The summed E-state index contributed by atoms with van der Waals surface area (Å²) in [7, 11) is 0. The summed E-state index contributed by atoms with van der Waals surface area (Å²) in [4.78, 5) is 0. The van der Waals surface area contributed by atoms with Gasteiger partial charge < -0.3 is 5.32 Å². The van der Waals surface area contributed by atoms with Gasteiger partial charge in [-0.3, -0.25) is 0 Å². The maximum Gasteiger partial charge on any atom is 0.319 e. The molecule has 7 heteroatoms. The SMILES string of the molecule is FC(F)c1ccc(CNCC(F)(F)C(F)F)cc1. The molecule has 0 heterocycles. The van der Waals surface area contributed by atoms with Crippen LogP contribution in [0.25, 0.3) is 0 Å². The predicted octanol–water partition coefficient (Wildman–Crippen LogP) is 3.61. The highest BCUT2D eigenvalue weighted by Gasteiger charge is 2.39. The minimum Gasteiger partial charge on any atom is -0.307 e. The van der Waals surface area contributed by atoms with Crippen molar-refractivity contribution in [2.24, 2.45) is 0 Å². The molecule has 1 aromatic carbocycles. The Morgan fingerprint density at radius 2 is 1.56 bits per heavy atom. The molecule has 0 fully saturated rings. The lowest BCUT2D eigenvalue weighted by atomic mass is 10.1. The van der Waals surface area contributed by atoms with Crippen LogP contribution in [0.5, 0.6) is 0 Å². The summed E-state index contributed by atoms with van der Waals surface area (Å²) in [5, 5.41) is 2.15. The number of benzene rings is 1. The Kier molecular flexibility index (Phi) is 5.01. The Bertz CT molecular complexity index is 362. The van der Waals surface area contributed by atoms with Gasteiger partial charge in [0, 0.05) is 12.1 Å². The minimum atomic E-state index is -4.09. The molecular weight excluding hydrogens is 260 g/mol. The molecule has 0 spiro atoms. The van der Waals surface area contributed by atoms with Crippen LogP contribution in [0, 0.1) is 0 Å². The minimum absolute atomic E-state index is 0.0914. The first-order valence-corrected chi connectivity index (χ1v) is 5.06. The van der Waals surface area contributed by atoms with E-state index in [0.717, 1.165) is 12.1 Å². The van der Waals surface area contributed by atoms with E-state index in [4.69, 9.17) is 0 Å². The molecule has 18 heavy (non-hydrogen) atoms. The molecule has 0 radical (unpaired) electrons. The fourth-order valence-corrected chi connectivity index (χ4v) is 1.23. The molecule has 0 saturated heterocycles. The number of alkyl halides is 6. The third-order valence-electron chi connectivity index (χ3n) is 2.24. The summed E-state index contributed by atoms with van der Waals surface area (Å²) in [6, 6.07) is 4.98. The largest absolute Gasteiger partial charge is 0.319 e. The summed E-state index contributed by atoms with van der Waals surface area (Å²) >= 11 is 0. The molecule has 0 amide bonds. The van der Waals surface area contributed by atoms with Crippen LogP contribution in [-0.4, -0.2) is 18.9 Å². The zero-order valence-corrected chi connectivity index (χ0v) is 9.15. The van der Waals surface area contributed by atoms with Crippen LogP contribution >= 0.6 is 0 Å². The fourth-order valence-electron chi connectivity index (χ4n) is 1.23. The molecule has 0 unspecified atom stereocenters. The number of halogens is 6. The quantitative estimate of drug-likeness (QED) is 0.779. The van der Waals surface area contributed by atoms with Crippen molar-refractivity contribution in [3.05, 3.63) is 35.4 Å². The summed E-state index contributed by atoms with van der Waals surface area (Å²) < 4.78 is 73.0. The average molecular weight is 271 g/mol. The van der Waals surface area contributed by atoms with Gasteiger partial charge in [0.1, 0.15) is 0 Å². The lowest BCUT2D eigenvalue weighted by Crippen LogP contribution is -2.38. The van der Waals surface area contributed by atoms with Gasteiger partial charge in [-0.25, -0.2) is 17.6 Å². The van der Waals surface area contributed by atoms with Gasteiger partial charge in [-0.05, 0) is 5.56 Å². The van der Waals surface area contributed by atoms with Gasteiger partial charge in [0.25, 0.3) is 6.43 Å². The highest BCUT2D eigenvalue weighted by atomic mass is 19.3. The van der Waals surface area contributed by atoms with Crippen LogP contribution in [0.15, 0.2) is 24.3 Å². The van der Waals surface area contributed by atoms with Crippen molar-refractivity contribution in [3.63, 3.8) is 0 Å². The first-order chi connectivity index (χ1) is 8.33. The maximum absolute atomic E-state index is 12.5. The second kappa shape index (κ2) is 6.08. The zero-order chi connectivity index (χ0) is 13.8. The number of hydrogen-bond acceptors (Lipinski definition) is 1. The summed E-state index contributed by atoms with van der Waals surface area (Å²) in [6.45, 7) is -1.26. The molecule has 0 aliphatic heterocycles. The van der Waals surface area contributed by atoms with Gasteiger partial charge in [0.05, 0.1) is 6.54 Å². The summed E-state index contributed by atoms with van der Waals surface area (Å²) in [5.41, 5.74) is 0.279. The van der Waals surface area contributed by atoms with Crippen LogP contribution in [-0.2, 0) is 6.54 Å². The second-order valence-corrected chi connectivity index (χ2v) is 3.71. The molecule has 0 aromatic heterocycles. The van der Waals surface area contributed by atoms with E-state index >= 15 is 0 Å². The van der Waals surface area contributed by atoms with Gasteiger partial charge in [-0.2, -0.15) is 8.78 Å². The van der Waals surface area contributed by atoms with Crippen LogP contribution in [0.2, 0.25) is 0 Å². The monoisotopic (exact) mass is 271 g/mol. The zero-order valence-electron chi connectivity index (χ0n) is 9.15. The van der Waals surface area contributed by atoms with E-state index in [1.807, 2.05) is 0 Å². The third kappa shape index (κ3) is 4.21. The standard InChI is InChI=1S/C11H11F6N/c12-9(13)8-3-1-7(2-4-8)5-18-6-11(16,17)10(14)15/h1-4,9-10,18H,5-6H2. The Labute approximate surface area is 99.8 Å². The molecule has 0 saturated carbocycles. The van der Waals surface area contributed by atoms with Gasteiger partial charge in [-0.1, -0.05) is 24.3 Å². The normalized spacial score (nSPS) is 12.4. The molecule has 1 aromatic rings. The molecule has 102 valence electrons. The topological polar surface area (TPSA) is 12.0 Å². The Morgan fingerprint density at radius 3 is 2.00 bits per heavy atom. The first-order valence-electron chi connectivity index (χ1n) is 5.06. The lowest BCUT2D eigenvalue weighted by molar-refractivity contribution is -0.125. The van der Waals surface area contributed by atoms with E-state index < -0.39 is 25.3 Å². The second-order valence-electron chi connectivity index (χ2n) is 3.71. The molecular formula is C11H11F6N.